The summed E-state index contributed by atoms with van der Waals surface area (Å²) in [6.45, 7) is 2.14. The maximum Gasteiger partial charge on any atom is 0.277 e. The van der Waals surface area contributed by atoms with E-state index in [1.807, 2.05) is 12.1 Å². The van der Waals surface area contributed by atoms with Crippen molar-refractivity contribution < 1.29 is 14.3 Å². The molecule has 0 N–H and O–H groups in total. The molecule has 0 spiro atoms. The summed E-state index contributed by atoms with van der Waals surface area (Å²) in [5, 5.41) is -0.0600. The Morgan fingerprint density at radius 3 is 2.19 bits per heavy atom. The van der Waals surface area contributed by atoms with E-state index in [2.05, 4.69) is 6.92 Å². The predicted octanol–water partition coefficient (Wildman–Crippen LogP) is 4.56. The zero-order chi connectivity index (χ0) is 18.7. The van der Waals surface area contributed by atoms with Crippen LogP contribution in [0.25, 0.3) is 5.57 Å². The van der Waals surface area contributed by atoms with Crippen LogP contribution in [0.3, 0.4) is 0 Å². The molecule has 0 aromatic heterocycles. The molecule has 26 heavy (non-hydrogen) atoms. The molecule has 0 atom stereocenters. The summed E-state index contributed by atoms with van der Waals surface area (Å²) in [7, 11) is 1.57. The zero-order valence-electron chi connectivity index (χ0n) is 14.8. The minimum Gasteiger partial charge on any atom is -0.497 e. The van der Waals surface area contributed by atoms with E-state index in [9.17, 15) is 9.59 Å². The van der Waals surface area contributed by atoms with Gasteiger partial charge >= 0.3 is 0 Å². The molecular weight excluding hydrogens is 350 g/mol. The number of hydrogen-bond acceptors (Lipinski definition) is 3. The highest BCUT2D eigenvalue weighted by Gasteiger charge is 2.39. The van der Waals surface area contributed by atoms with Crippen LogP contribution < -0.4 is 9.64 Å². The van der Waals surface area contributed by atoms with Gasteiger partial charge in [0.1, 0.15) is 10.8 Å². The van der Waals surface area contributed by atoms with Gasteiger partial charge in [0.15, 0.2) is 0 Å². The summed E-state index contributed by atoms with van der Waals surface area (Å²) >= 11 is 6.21. The molecule has 2 aromatic rings. The number of nitrogens with zero attached hydrogens (tertiary/aromatic N) is 1. The fourth-order valence-electron chi connectivity index (χ4n) is 2.94. The Bertz CT molecular complexity index is 854. The number of carbonyl (C=O) groups excluding carboxylic acids is 2. The van der Waals surface area contributed by atoms with Crippen molar-refractivity contribution in [3.05, 3.63) is 64.7 Å². The average molecular weight is 370 g/mol. The van der Waals surface area contributed by atoms with Crippen molar-refractivity contribution in [3.8, 4) is 5.75 Å². The van der Waals surface area contributed by atoms with Gasteiger partial charge in [0.05, 0.1) is 18.4 Å². The van der Waals surface area contributed by atoms with Crippen molar-refractivity contribution in [1.82, 2.24) is 0 Å². The Kier molecular flexibility index (Phi) is 5.43. The average Bonchev–Trinajstić information content (AvgIpc) is 2.89. The molecule has 0 radical (unpaired) electrons. The largest absolute Gasteiger partial charge is 0.497 e. The standard InChI is InChI=1S/C21H20ClNO3/c1-3-4-5-14-6-10-16(11-7-14)23-20(24)18(19(22)21(23)25)15-8-12-17(26-2)13-9-15/h6-13H,3-5H2,1-2H3. The topological polar surface area (TPSA) is 46.6 Å². The van der Waals surface area contributed by atoms with Gasteiger partial charge in [0.2, 0.25) is 0 Å². The number of benzene rings is 2. The van der Waals surface area contributed by atoms with Gasteiger partial charge in [-0.3, -0.25) is 9.59 Å². The summed E-state index contributed by atoms with van der Waals surface area (Å²) < 4.78 is 5.12. The van der Waals surface area contributed by atoms with E-state index in [-0.39, 0.29) is 10.6 Å². The molecule has 0 fully saturated rings. The third-order valence-corrected chi connectivity index (χ3v) is 4.77. The number of halogens is 1. The van der Waals surface area contributed by atoms with Crippen molar-refractivity contribution in [2.75, 3.05) is 12.0 Å². The van der Waals surface area contributed by atoms with Crippen molar-refractivity contribution >= 4 is 34.7 Å². The Balaban J connectivity index is 1.87. The highest BCUT2D eigenvalue weighted by molar-refractivity contribution is 6.60. The van der Waals surface area contributed by atoms with Gasteiger partial charge < -0.3 is 4.74 Å². The van der Waals surface area contributed by atoms with E-state index < -0.39 is 11.8 Å². The number of ether oxygens (including phenoxy) is 1. The SMILES string of the molecule is CCCCc1ccc(N2C(=O)C(Cl)=C(c3ccc(OC)cc3)C2=O)cc1. The highest BCUT2D eigenvalue weighted by atomic mass is 35.5. The smallest absolute Gasteiger partial charge is 0.277 e. The van der Waals surface area contributed by atoms with Crippen LogP contribution >= 0.6 is 11.6 Å². The third kappa shape index (κ3) is 3.37. The quantitative estimate of drug-likeness (QED) is 0.701. The van der Waals surface area contributed by atoms with E-state index in [1.54, 1.807) is 43.5 Å². The molecule has 0 aliphatic carbocycles. The normalized spacial score (nSPS) is 14.3. The van der Waals surface area contributed by atoms with Crippen molar-refractivity contribution in [2.45, 2.75) is 26.2 Å². The number of anilines is 1. The number of methoxy groups -OCH3 is 1. The second-order valence-corrected chi connectivity index (χ2v) is 6.51. The minimum atomic E-state index is -0.496. The number of rotatable bonds is 6. The van der Waals surface area contributed by atoms with Gasteiger partial charge in [-0.1, -0.05) is 49.2 Å². The monoisotopic (exact) mass is 369 g/mol. The van der Waals surface area contributed by atoms with Crippen LogP contribution in [0.4, 0.5) is 5.69 Å². The molecule has 5 heteroatoms. The Hall–Kier alpha value is -2.59. The summed E-state index contributed by atoms with van der Waals surface area (Å²) in [4.78, 5) is 26.6. The number of aryl methyl sites for hydroxylation is 1. The van der Waals surface area contributed by atoms with E-state index in [1.165, 1.54) is 5.56 Å². The lowest BCUT2D eigenvalue weighted by Crippen LogP contribution is -2.31. The molecule has 2 amide bonds. The summed E-state index contributed by atoms with van der Waals surface area (Å²) in [6, 6.07) is 14.4. The fourth-order valence-corrected chi connectivity index (χ4v) is 3.21. The predicted molar refractivity (Wildman–Crippen MR) is 103 cm³/mol. The Morgan fingerprint density at radius 1 is 0.962 bits per heavy atom. The second kappa shape index (κ2) is 7.75. The van der Waals surface area contributed by atoms with Crippen LogP contribution in [-0.2, 0) is 16.0 Å². The van der Waals surface area contributed by atoms with Gasteiger partial charge in [0, 0.05) is 0 Å². The summed E-state index contributed by atoms with van der Waals surface area (Å²) in [6.07, 6.45) is 3.21. The van der Waals surface area contributed by atoms with Crippen LogP contribution in [0, 0.1) is 0 Å². The summed E-state index contributed by atoms with van der Waals surface area (Å²) in [5.74, 6) is -0.239. The maximum atomic E-state index is 12.9. The molecular formula is C21H20ClNO3. The molecule has 0 unspecified atom stereocenters. The van der Waals surface area contributed by atoms with Gasteiger partial charge in [0.25, 0.3) is 11.8 Å². The first kappa shape index (κ1) is 18.2. The number of unbranched alkanes of at least 4 members (excludes halogenated alkanes) is 1. The van der Waals surface area contributed by atoms with E-state index in [0.29, 0.717) is 17.0 Å². The lowest BCUT2D eigenvalue weighted by atomic mass is 10.1. The number of amides is 2. The molecule has 3 rings (SSSR count). The van der Waals surface area contributed by atoms with Crippen LogP contribution in [0.2, 0.25) is 0 Å². The fraction of sp³-hybridized carbons (Fsp3) is 0.238. The van der Waals surface area contributed by atoms with Gasteiger partial charge in [-0.15, -0.1) is 0 Å². The number of hydrogen-bond donors (Lipinski definition) is 0. The molecule has 1 heterocycles. The van der Waals surface area contributed by atoms with Gasteiger partial charge in [-0.2, -0.15) is 0 Å². The lowest BCUT2D eigenvalue weighted by molar-refractivity contribution is -0.119. The molecule has 4 nitrogen and oxygen atoms in total. The molecule has 1 aliphatic heterocycles. The van der Waals surface area contributed by atoms with E-state index in [4.69, 9.17) is 16.3 Å². The Labute approximate surface area is 158 Å². The maximum absolute atomic E-state index is 12.9. The van der Waals surface area contributed by atoms with E-state index in [0.717, 1.165) is 24.2 Å². The lowest BCUT2D eigenvalue weighted by Gasteiger charge is -2.15. The first-order valence-corrected chi connectivity index (χ1v) is 8.96. The van der Waals surface area contributed by atoms with Gasteiger partial charge in [-0.05, 0) is 48.2 Å². The summed E-state index contributed by atoms with van der Waals surface area (Å²) in [5.41, 5.74) is 2.52. The van der Waals surface area contributed by atoms with Crippen molar-refractivity contribution in [2.24, 2.45) is 0 Å². The molecule has 1 aliphatic rings. The first-order chi connectivity index (χ1) is 12.6. The third-order valence-electron chi connectivity index (χ3n) is 4.42. The van der Waals surface area contributed by atoms with E-state index >= 15 is 0 Å². The van der Waals surface area contributed by atoms with Crippen LogP contribution in [0.15, 0.2) is 53.6 Å². The van der Waals surface area contributed by atoms with Crippen LogP contribution in [-0.4, -0.2) is 18.9 Å². The number of imide groups is 1. The highest BCUT2D eigenvalue weighted by Crippen LogP contribution is 2.35. The Morgan fingerprint density at radius 2 is 1.62 bits per heavy atom. The zero-order valence-corrected chi connectivity index (χ0v) is 15.5. The van der Waals surface area contributed by atoms with Crippen molar-refractivity contribution in [1.29, 1.82) is 0 Å². The van der Waals surface area contributed by atoms with Gasteiger partial charge in [-0.25, -0.2) is 4.90 Å². The minimum absolute atomic E-state index is 0.0600. The molecule has 134 valence electrons. The molecule has 2 aromatic carbocycles. The van der Waals surface area contributed by atoms with Crippen LogP contribution in [0.5, 0.6) is 5.75 Å². The van der Waals surface area contributed by atoms with Crippen LogP contribution in [0.1, 0.15) is 30.9 Å². The molecule has 0 bridgehead atoms. The first-order valence-electron chi connectivity index (χ1n) is 8.58. The second-order valence-electron chi connectivity index (χ2n) is 6.13. The van der Waals surface area contributed by atoms with Crippen molar-refractivity contribution in [3.63, 3.8) is 0 Å². The molecule has 0 saturated heterocycles. The number of carbonyl (C=O) groups is 2. The molecule has 0 saturated carbocycles.